The van der Waals surface area contributed by atoms with Crippen molar-refractivity contribution < 1.29 is 9.59 Å². The Balaban J connectivity index is 1.28. The van der Waals surface area contributed by atoms with E-state index in [1.165, 1.54) is 19.3 Å². The lowest BCUT2D eigenvalue weighted by molar-refractivity contribution is 0.0659. The molecule has 1 saturated heterocycles. The van der Waals surface area contributed by atoms with Crippen molar-refractivity contribution in [3.8, 4) is 22.5 Å². The molecule has 1 fully saturated rings. The lowest BCUT2D eigenvalue weighted by atomic mass is 10.0. The number of unbranched alkanes of at least 4 members (excludes halogenated alkanes) is 4. The van der Waals surface area contributed by atoms with Crippen LogP contribution >= 0.6 is 11.8 Å². The second kappa shape index (κ2) is 17.6. The van der Waals surface area contributed by atoms with Crippen molar-refractivity contribution in [2.24, 2.45) is 0 Å². The van der Waals surface area contributed by atoms with Gasteiger partial charge in [0.2, 0.25) is 0 Å². The number of hydrogen-bond acceptors (Lipinski definition) is 5. The highest BCUT2D eigenvalue weighted by molar-refractivity contribution is 7.99. The number of aromatic amines is 1. The Morgan fingerprint density at radius 1 is 0.870 bits per heavy atom. The van der Waals surface area contributed by atoms with Crippen LogP contribution in [0.4, 0.5) is 10.5 Å². The zero-order valence-electron chi connectivity index (χ0n) is 26.8. The molecular formula is C37H46N6O2S. The summed E-state index contributed by atoms with van der Waals surface area (Å²) >= 11 is 1.62. The molecule has 8 nitrogen and oxygen atoms in total. The van der Waals surface area contributed by atoms with Gasteiger partial charge in [0.1, 0.15) is 0 Å². The molecule has 0 unspecified atom stereocenters. The average molecular weight is 639 g/mol. The summed E-state index contributed by atoms with van der Waals surface area (Å²) in [6, 6.07) is 27.7. The van der Waals surface area contributed by atoms with Crippen LogP contribution in [0.15, 0.2) is 90.1 Å². The van der Waals surface area contributed by atoms with Crippen molar-refractivity contribution in [1.82, 2.24) is 25.5 Å². The molecule has 2 heterocycles. The van der Waals surface area contributed by atoms with E-state index >= 15 is 0 Å². The fourth-order valence-corrected chi connectivity index (χ4v) is 6.69. The molecule has 5 rings (SSSR count). The van der Waals surface area contributed by atoms with Crippen LogP contribution in [0.5, 0.6) is 0 Å². The standard InChI is InChI=1S/C37H46N6O2S/c1-2-3-4-5-14-23-39-36(45)40-32-20-13-12-19-31(32)35(44)43(30-21-24-38-25-22-30)26-27-46-37-41-33(28-15-8-6-9-16-28)34(42-37)29-17-10-7-11-18-29/h6-13,15-20,30,38H,2-5,14,21-27H2,1H3,(H,41,42)(H2,39,40,45). The second-order valence-electron chi connectivity index (χ2n) is 11.7. The summed E-state index contributed by atoms with van der Waals surface area (Å²) in [5.74, 6) is 0.622. The van der Waals surface area contributed by atoms with Crippen molar-refractivity contribution in [2.75, 3.05) is 37.2 Å². The number of imidazole rings is 1. The van der Waals surface area contributed by atoms with E-state index in [1.54, 1.807) is 11.8 Å². The quantitative estimate of drug-likeness (QED) is 0.0786. The summed E-state index contributed by atoms with van der Waals surface area (Å²) in [5, 5.41) is 10.1. The van der Waals surface area contributed by atoms with Crippen LogP contribution in [-0.2, 0) is 0 Å². The van der Waals surface area contributed by atoms with Gasteiger partial charge in [-0.25, -0.2) is 9.78 Å². The van der Waals surface area contributed by atoms with Gasteiger partial charge in [0, 0.05) is 36.0 Å². The van der Waals surface area contributed by atoms with Gasteiger partial charge >= 0.3 is 6.03 Å². The Labute approximate surface area is 277 Å². The van der Waals surface area contributed by atoms with E-state index in [0.717, 1.165) is 66.4 Å². The number of benzene rings is 3. The number of amides is 3. The first-order valence-electron chi connectivity index (χ1n) is 16.6. The van der Waals surface area contributed by atoms with Gasteiger partial charge in [-0.15, -0.1) is 0 Å². The Bertz CT molecular complexity index is 1460. The van der Waals surface area contributed by atoms with E-state index in [4.69, 9.17) is 4.98 Å². The number of carbonyl (C=O) groups is 2. The van der Waals surface area contributed by atoms with Crippen LogP contribution in [0.2, 0.25) is 0 Å². The molecule has 0 atom stereocenters. The molecule has 4 aromatic rings. The van der Waals surface area contributed by atoms with Gasteiger partial charge in [-0.05, 0) is 44.5 Å². The molecule has 0 bridgehead atoms. The number of thioether (sulfide) groups is 1. The molecule has 242 valence electrons. The molecule has 3 amide bonds. The summed E-state index contributed by atoms with van der Waals surface area (Å²) < 4.78 is 0. The zero-order chi connectivity index (χ0) is 32.0. The van der Waals surface area contributed by atoms with Gasteiger partial charge in [-0.1, -0.05) is 117 Å². The number of anilines is 1. The van der Waals surface area contributed by atoms with Gasteiger partial charge < -0.3 is 25.8 Å². The summed E-state index contributed by atoms with van der Waals surface area (Å²) in [6.45, 7) is 5.13. The molecule has 46 heavy (non-hydrogen) atoms. The van der Waals surface area contributed by atoms with E-state index in [9.17, 15) is 9.59 Å². The maximum Gasteiger partial charge on any atom is 0.319 e. The molecule has 4 N–H and O–H groups in total. The molecule has 1 aromatic heterocycles. The highest BCUT2D eigenvalue weighted by atomic mass is 32.2. The van der Waals surface area contributed by atoms with Crippen molar-refractivity contribution in [2.45, 2.75) is 63.1 Å². The highest BCUT2D eigenvalue weighted by Crippen LogP contribution is 2.33. The first-order valence-corrected chi connectivity index (χ1v) is 17.6. The fourth-order valence-electron chi connectivity index (χ4n) is 5.88. The highest BCUT2D eigenvalue weighted by Gasteiger charge is 2.28. The zero-order valence-corrected chi connectivity index (χ0v) is 27.6. The fraction of sp³-hybridized carbons (Fsp3) is 0.378. The largest absolute Gasteiger partial charge is 0.338 e. The maximum absolute atomic E-state index is 14.2. The Morgan fingerprint density at radius 2 is 1.54 bits per heavy atom. The second-order valence-corrected chi connectivity index (χ2v) is 12.8. The molecule has 1 aliphatic heterocycles. The molecule has 1 aliphatic rings. The third-order valence-corrected chi connectivity index (χ3v) is 9.20. The lowest BCUT2D eigenvalue weighted by Gasteiger charge is -2.35. The minimum absolute atomic E-state index is 0.0580. The Kier molecular flexibility index (Phi) is 12.7. The third-order valence-electron chi connectivity index (χ3n) is 8.34. The number of carbonyl (C=O) groups excluding carboxylic acids is 2. The number of rotatable bonds is 15. The SMILES string of the molecule is CCCCCCCNC(=O)Nc1ccccc1C(=O)N(CCSc1nc(-c2ccccc2)c(-c2ccccc2)[nH]1)C1CCNCC1. The molecule has 0 saturated carbocycles. The molecule has 0 radical (unpaired) electrons. The monoisotopic (exact) mass is 638 g/mol. The van der Waals surface area contributed by atoms with Crippen LogP contribution in [0, 0.1) is 0 Å². The van der Waals surface area contributed by atoms with Crippen LogP contribution in [-0.4, -0.2) is 64.8 Å². The first-order chi connectivity index (χ1) is 22.6. The number of aromatic nitrogens is 2. The van der Waals surface area contributed by atoms with E-state index in [0.29, 0.717) is 30.1 Å². The van der Waals surface area contributed by atoms with Crippen LogP contribution < -0.4 is 16.0 Å². The number of urea groups is 1. The number of piperidine rings is 1. The van der Waals surface area contributed by atoms with Gasteiger partial charge in [-0.3, -0.25) is 4.79 Å². The maximum atomic E-state index is 14.2. The van der Waals surface area contributed by atoms with Crippen LogP contribution in [0.1, 0.15) is 62.2 Å². The van der Waals surface area contributed by atoms with E-state index in [1.807, 2.05) is 65.6 Å². The molecule has 0 aliphatic carbocycles. The number of nitrogens with zero attached hydrogens (tertiary/aromatic N) is 2. The summed E-state index contributed by atoms with van der Waals surface area (Å²) in [5.41, 5.74) is 5.09. The molecular weight excluding hydrogens is 593 g/mol. The minimum atomic E-state index is -0.277. The van der Waals surface area contributed by atoms with Crippen molar-refractivity contribution in [3.63, 3.8) is 0 Å². The van der Waals surface area contributed by atoms with E-state index in [2.05, 4.69) is 52.1 Å². The smallest absolute Gasteiger partial charge is 0.319 e. The minimum Gasteiger partial charge on any atom is -0.338 e. The number of hydrogen-bond donors (Lipinski definition) is 4. The summed E-state index contributed by atoms with van der Waals surface area (Å²) in [7, 11) is 0. The predicted octanol–water partition coefficient (Wildman–Crippen LogP) is 7.82. The van der Waals surface area contributed by atoms with E-state index < -0.39 is 0 Å². The summed E-state index contributed by atoms with van der Waals surface area (Å²) in [6.07, 6.45) is 7.43. The number of H-pyrrole nitrogens is 1. The van der Waals surface area contributed by atoms with Crippen molar-refractivity contribution >= 4 is 29.4 Å². The van der Waals surface area contributed by atoms with Gasteiger partial charge in [0.15, 0.2) is 5.16 Å². The topological polar surface area (TPSA) is 102 Å². The Morgan fingerprint density at radius 3 is 2.28 bits per heavy atom. The molecule has 0 spiro atoms. The molecule has 3 aromatic carbocycles. The molecule has 9 heteroatoms. The van der Waals surface area contributed by atoms with E-state index in [-0.39, 0.29) is 18.0 Å². The van der Waals surface area contributed by atoms with Crippen LogP contribution in [0.3, 0.4) is 0 Å². The average Bonchev–Trinajstić information content (AvgIpc) is 3.54. The van der Waals surface area contributed by atoms with Crippen LogP contribution in [0.25, 0.3) is 22.5 Å². The first kappa shape index (κ1) is 33.3. The van der Waals surface area contributed by atoms with Crippen molar-refractivity contribution in [3.05, 3.63) is 90.5 Å². The predicted molar refractivity (Wildman–Crippen MR) is 189 cm³/mol. The van der Waals surface area contributed by atoms with Gasteiger partial charge in [0.25, 0.3) is 5.91 Å². The number of para-hydroxylation sites is 1. The number of nitrogens with one attached hydrogen (secondary N) is 4. The lowest BCUT2D eigenvalue weighted by Crippen LogP contribution is -2.47. The van der Waals surface area contributed by atoms with Crippen molar-refractivity contribution in [1.29, 1.82) is 0 Å². The van der Waals surface area contributed by atoms with Gasteiger partial charge in [-0.2, -0.15) is 0 Å². The Hall–Kier alpha value is -4.08. The third kappa shape index (κ3) is 9.23. The summed E-state index contributed by atoms with van der Waals surface area (Å²) in [4.78, 5) is 37.5. The van der Waals surface area contributed by atoms with Gasteiger partial charge in [0.05, 0.1) is 22.6 Å². The normalized spacial score (nSPS) is 13.3.